The first-order valence-electron chi connectivity index (χ1n) is 8.13. The van der Waals surface area contributed by atoms with Gasteiger partial charge in [0.2, 0.25) is 5.91 Å². The van der Waals surface area contributed by atoms with E-state index in [-0.39, 0.29) is 24.0 Å². The fourth-order valence-electron chi connectivity index (χ4n) is 1.73. The monoisotopic (exact) mass is 347 g/mol. The van der Waals surface area contributed by atoms with Crippen molar-refractivity contribution < 1.29 is 24.2 Å². The third-order valence-corrected chi connectivity index (χ3v) is 8.83. The van der Waals surface area contributed by atoms with Gasteiger partial charge in [0, 0.05) is 13.0 Å². The lowest BCUT2D eigenvalue weighted by Gasteiger charge is -2.36. The summed E-state index contributed by atoms with van der Waals surface area (Å²) in [5, 5.41) is 21.4. The molecule has 0 spiro atoms. The molecule has 6 nitrogen and oxygen atoms in total. The van der Waals surface area contributed by atoms with E-state index in [1.54, 1.807) is 0 Å². The van der Waals surface area contributed by atoms with Crippen molar-refractivity contribution in [1.29, 1.82) is 0 Å². The first-order chi connectivity index (χ1) is 10.3. The Labute approximate surface area is 140 Å². The highest BCUT2D eigenvalue weighted by Gasteiger charge is 2.37. The van der Waals surface area contributed by atoms with Gasteiger partial charge < -0.3 is 20.0 Å². The minimum Gasteiger partial charge on any atom is -0.480 e. The topological polar surface area (TPSA) is 95.9 Å². The predicted octanol–water partition coefficient (Wildman–Crippen LogP) is 2.37. The van der Waals surface area contributed by atoms with E-state index >= 15 is 0 Å². The summed E-state index contributed by atoms with van der Waals surface area (Å²) in [5.74, 6) is -1.60. The summed E-state index contributed by atoms with van der Waals surface area (Å²) in [6, 6.07) is -1.05. The van der Waals surface area contributed by atoms with Crippen LogP contribution in [0.2, 0.25) is 18.1 Å². The fraction of sp³-hybridized carbons (Fsp3) is 0.875. The summed E-state index contributed by atoms with van der Waals surface area (Å²) >= 11 is 0. The number of aliphatic carboxylic acids is 1. The summed E-state index contributed by atoms with van der Waals surface area (Å²) in [6.45, 7) is 14.6. The molecule has 0 fully saturated rings. The lowest BCUT2D eigenvalue weighted by molar-refractivity contribution is -0.144. The third-order valence-electron chi connectivity index (χ3n) is 4.29. The average Bonchev–Trinajstić information content (AvgIpc) is 2.34. The van der Waals surface area contributed by atoms with Gasteiger partial charge in [-0.05, 0) is 30.5 Å². The molecule has 0 aliphatic rings. The number of carboxylic acid groups (broad SMARTS) is 1. The number of amides is 1. The van der Waals surface area contributed by atoms with Gasteiger partial charge in [0.1, 0.15) is 12.1 Å². The molecule has 0 unspecified atom stereocenters. The van der Waals surface area contributed by atoms with Crippen molar-refractivity contribution in [2.75, 3.05) is 6.61 Å². The average molecular weight is 348 g/mol. The van der Waals surface area contributed by atoms with Crippen LogP contribution in [0.15, 0.2) is 0 Å². The maximum absolute atomic E-state index is 11.9. The molecule has 0 saturated carbocycles. The van der Waals surface area contributed by atoms with Crippen LogP contribution in [-0.2, 0) is 14.0 Å². The lowest BCUT2D eigenvalue weighted by atomic mass is 10.1. The van der Waals surface area contributed by atoms with Crippen LogP contribution >= 0.6 is 0 Å². The molecule has 2 atom stereocenters. The third kappa shape index (κ3) is 7.94. The van der Waals surface area contributed by atoms with E-state index in [4.69, 9.17) is 4.43 Å². The fourth-order valence-corrected chi connectivity index (χ4v) is 2.79. The summed E-state index contributed by atoms with van der Waals surface area (Å²) in [4.78, 5) is 23.1. The summed E-state index contributed by atoms with van der Waals surface area (Å²) in [5.41, 5.74) is 0. The van der Waals surface area contributed by atoms with Crippen LogP contribution in [0.5, 0.6) is 0 Å². The Balaban J connectivity index is 4.55. The lowest BCUT2D eigenvalue weighted by Crippen LogP contribution is -2.47. The van der Waals surface area contributed by atoms with Gasteiger partial charge in [0.15, 0.2) is 8.32 Å². The van der Waals surface area contributed by atoms with Crippen LogP contribution in [0.4, 0.5) is 0 Å². The van der Waals surface area contributed by atoms with Crippen molar-refractivity contribution in [2.24, 2.45) is 5.92 Å². The van der Waals surface area contributed by atoms with Crippen LogP contribution in [-0.4, -0.2) is 49.2 Å². The van der Waals surface area contributed by atoms with Crippen molar-refractivity contribution in [1.82, 2.24) is 5.32 Å². The second-order valence-electron chi connectivity index (χ2n) is 7.94. The molecule has 0 aliphatic heterocycles. The summed E-state index contributed by atoms with van der Waals surface area (Å²) < 4.78 is 5.94. The Morgan fingerprint density at radius 2 is 1.74 bits per heavy atom. The van der Waals surface area contributed by atoms with Gasteiger partial charge >= 0.3 is 5.97 Å². The van der Waals surface area contributed by atoms with Crippen molar-refractivity contribution in [3.05, 3.63) is 0 Å². The molecular weight excluding hydrogens is 314 g/mol. The molecule has 7 heteroatoms. The van der Waals surface area contributed by atoms with Gasteiger partial charge in [-0.25, -0.2) is 4.79 Å². The zero-order valence-electron chi connectivity index (χ0n) is 15.5. The normalized spacial score (nSPS) is 15.3. The highest BCUT2D eigenvalue weighted by atomic mass is 28.4. The number of carbonyl (C=O) groups excluding carboxylic acids is 1. The minimum atomic E-state index is -1.95. The second-order valence-corrected chi connectivity index (χ2v) is 12.8. The number of rotatable bonds is 9. The van der Waals surface area contributed by atoms with E-state index in [1.165, 1.54) is 0 Å². The number of aliphatic hydroxyl groups is 1. The number of hydrogen-bond donors (Lipinski definition) is 3. The number of hydrogen-bond acceptors (Lipinski definition) is 4. The molecule has 0 saturated heterocycles. The zero-order chi connectivity index (χ0) is 18.4. The first-order valence-corrected chi connectivity index (χ1v) is 11.0. The van der Waals surface area contributed by atoms with Crippen LogP contribution in [0, 0.1) is 5.92 Å². The van der Waals surface area contributed by atoms with Gasteiger partial charge in [-0.2, -0.15) is 0 Å². The standard InChI is InChI=1S/C16H33NO5Si/c1-11(2)10-13(18)14(19)17-12(15(20)21)8-9-22-23(6,7)16(3,4)5/h11-13,18H,8-10H2,1-7H3,(H,17,19)(H,20,21)/t12-,13+/m1/s1. The van der Waals surface area contributed by atoms with E-state index < -0.39 is 32.3 Å². The number of nitrogens with one attached hydrogen (secondary N) is 1. The van der Waals surface area contributed by atoms with E-state index in [0.29, 0.717) is 6.42 Å². The van der Waals surface area contributed by atoms with Crippen LogP contribution < -0.4 is 5.32 Å². The smallest absolute Gasteiger partial charge is 0.326 e. The molecule has 23 heavy (non-hydrogen) atoms. The molecule has 0 rings (SSSR count). The van der Waals surface area contributed by atoms with E-state index in [2.05, 4.69) is 39.2 Å². The Morgan fingerprint density at radius 1 is 1.22 bits per heavy atom. The van der Waals surface area contributed by atoms with Crippen LogP contribution in [0.3, 0.4) is 0 Å². The van der Waals surface area contributed by atoms with Crippen molar-refractivity contribution in [2.45, 2.75) is 77.7 Å². The highest BCUT2D eigenvalue weighted by molar-refractivity contribution is 6.74. The molecular formula is C16H33NO5Si. The van der Waals surface area contributed by atoms with Crippen LogP contribution in [0.1, 0.15) is 47.5 Å². The second kappa shape index (κ2) is 8.80. The van der Waals surface area contributed by atoms with E-state index in [0.717, 1.165) is 0 Å². The first kappa shape index (κ1) is 22.1. The van der Waals surface area contributed by atoms with Crippen molar-refractivity contribution >= 4 is 20.2 Å². The zero-order valence-corrected chi connectivity index (χ0v) is 16.5. The maximum Gasteiger partial charge on any atom is 0.326 e. The Morgan fingerprint density at radius 3 is 2.13 bits per heavy atom. The molecule has 0 radical (unpaired) electrons. The molecule has 0 aliphatic carbocycles. The molecule has 0 aromatic rings. The van der Waals surface area contributed by atoms with Crippen molar-refractivity contribution in [3.8, 4) is 0 Å². The quantitative estimate of drug-likeness (QED) is 0.557. The Bertz CT molecular complexity index is 404. The minimum absolute atomic E-state index is 0.0441. The molecule has 136 valence electrons. The Hall–Kier alpha value is -0.923. The molecule has 0 heterocycles. The highest BCUT2D eigenvalue weighted by Crippen LogP contribution is 2.36. The molecule has 0 aromatic carbocycles. The summed E-state index contributed by atoms with van der Waals surface area (Å²) in [6.07, 6.45) is -0.696. The summed E-state index contributed by atoms with van der Waals surface area (Å²) in [7, 11) is -1.95. The SMILES string of the molecule is CC(C)C[C@H](O)C(=O)N[C@H](CCO[Si](C)(C)C(C)(C)C)C(=O)O. The van der Waals surface area contributed by atoms with Gasteiger partial charge in [0.25, 0.3) is 0 Å². The van der Waals surface area contributed by atoms with Crippen molar-refractivity contribution in [3.63, 3.8) is 0 Å². The number of carbonyl (C=O) groups is 2. The molecule has 1 amide bonds. The molecule has 3 N–H and O–H groups in total. The number of aliphatic hydroxyl groups excluding tert-OH is 1. The molecule has 0 bridgehead atoms. The van der Waals surface area contributed by atoms with Crippen LogP contribution in [0.25, 0.3) is 0 Å². The van der Waals surface area contributed by atoms with Gasteiger partial charge in [-0.3, -0.25) is 4.79 Å². The maximum atomic E-state index is 11.9. The van der Waals surface area contributed by atoms with E-state index in [1.807, 2.05) is 13.8 Å². The van der Waals surface area contributed by atoms with Gasteiger partial charge in [-0.1, -0.05) is 34.6 Å². The van der Waals surface area contributed by atoms with Gasteiger partial charge in [0.05, 0.1) is 0 Å². The van der Waals surface area contributed by atoms with E-state index in [9.17, 15) is 19.8 Å². The number of carboxylic acids is 1. The Kier molecular flexibility index (Phi) is 8.44. The molecule has 0 aromatic heterocycles. The predicted molar refractivity (Wildman–Crippen MR) is 92.8 cm³/mol. The largest absolute Gasteiger partial charge is 0.480 e. The van der Waals surface area contributed by atoms with Gasteiger partial charge in [-0.15, -0.1) is 0 Å².